The van der Waals surface area contributed by atoms with Gasteiger partial charge in [-0.3, -0.25) is 9.59 Å². The van der Waals surface area contributed by atoms with Crippen molar-refractivity contribution in [3.8, 4) is 0 Å². The smallest absolute Gasteiger partial charge is 0.242 e. The third kappa shape index (κ3) is 7.85. The Labute approximate surface area is 178 Å². The number of hydrogen-bond donors (Lipinski definition) is 0. The quantitative estimate of drug-likeness (QED) is 0.345. The molecule has 0 aliphatic rings. The van der Waals surface area contributed by atoms with Gasteiger partial charge in [0.05, 0.1) is 12.8 Å². The van der Waals surface area contributed by atoms with Crippen molar-refractivity contribution < 1.29 is 18.4 Å². The molecule has 1 aromatic carbocycles. The van der Waals surface area contributed by atoms with Crippen LogP contribution in [0.15, 0.2) is 59.7 Å². The fourth-order valence-electron chi connectivity index (χ4n) is 3.17. The molecule has 0 aliphatic heterocycles. The molecule has 0 saturated carbocycles. The molecule has 30 heavy (non-hydrogen) atoms. The summed E-state index contributed by atoms with van der Waals surface area (Å²) in [6, 6.07) is 9.60. The summed E-state index contributed by atoms with van der Waals surface area (Å²) >= 11 is 0. The first-order valence-electron chi connectivity index (χ1n) is 10.5. The van der Waals surface area contributed by atoms with E-state index in [1.165, 1.54) is 12.1 Å². The maximum Gasteiger partial charge on any atom is 0.242 e. The molecule has 6 heteroatoms. The summed E-state index contributed by atoms with van der Waals surface area (Å²) in [4.78, 5) is 28.9. The summed E-state index contributed by atoms with van der Waals surface area (Å²) in [5.74, 6) is 0.0821. The summed E-state index contributed by atoms with van der Waals surface area (Å²) in [6.45, 7) is 6.70. The van der Waals surface area contributed by atoms with Crippen molar-refractivity contribution in [2.45, 2.75) is 52.1 Å². The van der Waals surface area contributed by atoms with Crippen molar-refractivity contribution in [2.24, 2.45) is 0 Å². The summed E-state index contributed by atoms with van der Waals surface area (Å²) in [5, 5.41) is 0. The average Bonchev–Trinajstić information content (AvgIpc) is 3.25. The van der Waals surface area contributed by atoms with E-state index in [9.17, 15) is 14.0 Å². The van der Waals surface area contributed by atoms with Crippen molar-refractivity contribution in [2.75, 3.05) is 13.1 Å². The summed E-state index contributed by atoms with van der Waals surface area (Å²) in [6.07, 6.45) is 7.65. The lowest BCUT2D eigenvalue weighted by atomic mass is 10.1. The highest BCUT2D eigenvalue weighted by atomic mass is 19.1. The van der Waals surface area contributed by atoms with E-state index in [1.54, 1.807) is 46.4 Å². The van der Waals surface area contributed by atoms with Crippen LogP contribution in [0.5, 0.6) is 0 Å². The molecular formula is C24H31FN2O3. The highest BCUT2D eigenvalue weighted by molar-refractivity contribution is 5.85. The molecule has 0 aliphatic carbocycles. The van der Waals surface area contributed by atoms with Crippen LogP contribution in [0.2, 0.25) is 0 Å². The summed E-state index contributed by atoms with van der Waals surface area (Å²) in [7, 11) is 0. The van der Waals surface area contributed by atoms with Gasteiger partial charge in [-0.25, -0.2) is 4.39 Å². The zero-order valence-electron chi connectivity index (χ0n) is 17.7. The number of carbonyl (C=O) groups excluding carboxylic acids is 2. The minimum Gasteiger partial charge on any atom is -0.467 e. The number of unbranched alkanes of at least 4 members (excludes halogenated alkanes) is 3. The van der Waals surface area contributed by atoms with E-state index < -0.39 is 0 Å². The van der Waals surface area contributed by atoms with Crippen LogP contribution >= 0.6 is 0 Å². The van der Waals surface area contributed by atoms with E-state index in [-0.39, 0.29) is 30.7 Å². The summed E-state index contributed by atoms with van der Waals surface area (Å²) in [5.41, 5.74) is 0.803. The van der Waals surface area contributed by atoms with Gasteiger partial charge in [-0.2, -0.15) is 0 Å². The van der Waals surface area contributed by atoms with Gasteiger partial charge in [-0.15, -0.1) is 6.58 Å². The maximum atomic E-state index is 13.2. The first kappa shape index (κ1) is 23.4. The van der Waals surface area contributed by atoms with Crippen LogP contribution in [-0.2, 0) is 22.7 Å². The Bertz CT molecular complexity index is 787. The number of carbonyl (C=O) groups is 2. The number of furan rings is 1. The van der Waals surface area contributed by atoms with E-state index in [0.717, 1.165) is 31.2 Å². The van der Waals surface area contributed by atoms with Gasteiger partial charge in [0, 0.05) is 19.5 Å². The van der Waals surface area contributed by atoms with Crippen molar-refractivity contribution in [1.29, 1.82) is 0 Å². The largest absolute Gasteiger partial charge is 0.467 e. The van der Waals surface area contributed by atoms with Gasteiger partial charge in [0.25, 0.3) is 0 Å². The van der Waals surface area contributed by atoms with E-state index in [2.05, 4.69) is 13.5 Å². The zero-order valence-corrected chi connectivity index (χ0v) is 17.7. The van der Waals surface area contributed by atoms with Crippen molar-refractivity contribution in [3.63, 3.8) is 0 Å². The van der Waals surface area contributed by atoms with Gasteiger partial charge in [0.15, 0.2) is 0 Å². The Morgan fingerprint density at radius 2 is 1.80 bits per heavy atom. The topological polar surface area (TPSA) is 53.8 Å². The second-order valence-corrected chi connectivity index (χ2v) is 7.33. The minimum absolute atomic E-state index is 0.0272. The van der Waals surface area contributed by atoms with Gasteiger partial charge < -0.3 is 14.2 Å². The number of nitrogens with zero attached hydrogens (tertiary/aromatic N) is 2. The highest BCUT2D eigenvalue weighted by Gasteiger charge is 2.21. The first-order chi connectivity index (χ1) is 14.5. The Balaban J connectivity index is 2.06. The van der Waals surface area contributed by atoms with E-state index in [4.69, 9.17) is 4.42 Å². The Kier molecular flexibility index (Phi) is 9.84. The van der Waals surface area contributed by atoms with E-state index in [1.807, 2.05) is 0 Å². The molecule has 1 aromatic heterocycles. The highest BCUT2D eigenvalue weighted by Crippen LogP contribution is 2.13. The Morgan fingerprint density at radius 3 is 2.43 bits per heavy atom. The number of hydrogen-bond acceptors (Lipinski definition) is 3. The lowest BCUT2D eigenvalue weighted by molar-refractivity contribution is -0.141. The molecule has 0 radical (unpaired) electrons. The summed E-state index contributed by atoms with van der Waals surface area (Å²) < 4.78 is 18.6. The Hall–Kier alpha value is -2.89. The number of amides is 2. The third-order valence-electron chi connectivity index (χ3n) is 4.84. The van der Waals surface area contributed by atoms with Crippen LogP contribution < -0.4 is 0 Å². The minimum atomic E-state index is -0.325. The van der Waals surface area contributed by atoms with Crippen LogP contribution in [-0.4, -0.2) is 34.7 Å². The lowest BCUT2D eigenvalue weighted by Gasteiger charge is -2.27. The molecule has 1 heterocycles. The van der Waals surface area contributed by atoms with Gasteiger partial charge in [-0.05, 0) is 36.2 Å². The van der Waals surface area contributed by atoms with Crippen LogP contribution in [0.3, 0.4) is 0 Å². The monoisotopic (exact) mass is 414 g/mol. The second kappa shape index (κ2) is 12.6. The molecule has 0 saturated heterocycles. The maximum absolute atomic E-state index is 13.2. The predicted molar refractivity (Wildman–Crippen MR) is 115 cm³/mol. The fourth-order valence-corrected chi connectivity index (χ4v) is 3.17. The second-order valence-electron chi connectivity index (χ2n) is 7.33. The van der Waals surface area contributed by atoms with Crippen LogP contribution in [0.1, 0.15) is 50.4 Å². The molecule has 0 fully saturated rings. The predicted octanol–water partition coefficient (Wildman–Crippen LogP) is 4.93. The number of benzene rings is 1. The molecule has 162 valence electrons. The van der Waals surface area contributed by atoms with Crippen LogP contribution in [0.4, 0.5) is 4.39 Å². The molecule has 0 N–H and O–H groups in total. The zero-order chi connectivity index (χ0) is 21.8. The molecule has 0 bridgehead atoms. The lowest BCUT2D eigenvalue weighted by Crippen LogP contribution is -2.42. The molecule has 0 spiro atoms. The van der Waals surface area contributed by atoms with Gasteiger partial charge >= 0.3 is 0 Å². The Morgan fingerprint density at radius 1 is 1.03 bits per heavy atom. The number of halogens is 1. The molecule has 5 nitrogen and oxygen atoms in total. The van der Waals surface area contributed by atoms with Crippen molar-refractivity contribution >= 4 is 11.8 Å². The molecule has 0 unspecified atom stereocenters. The molecule has 2 aromatic rings. The molecule has 2 amide bonds. The van der Waals surface area contributed by atoms with Gasteiger partial charge in [-0.1, -0.05) is 44.4 Å². The van der Waals surface area contributed by atoms with Gasteiger partial charge in [0.1, 0.15) is 18.1 Å². The first-order valence-corrected chi connectivity index (χ1v) is 10.5. The van der Waals surface area contributed by atoms with Crippen LogP contribution in [0.25, 0.3) is 0 Å². The SMILES string of the molecule is C=CCN(CC(=O)N(Cc1ccc(F)cc1)Cc1ccco1)C(=O)CCCCCC. The third-order valence-corrected chi connectivity index (χ3v) is 4.84. The fraction of sp³-hybridized carbons (Fsp3) is 0.417. The average molecular weight is 415 g/mol. The van der Waals surface area contributed by atoms with Gasteiger partial charge in [0.2, 0.25) is 11.8 Å². The number of rotatable bonds is 13. The van der Waals surface area contributed by atoms with E-state index >= 15 is 0 Å². The molecule has 2 rings (SSSR count). The molecule has 0 atom stereocenters. The van der Waals surface area contributed by atoms with Crippen molar-refractivity contribution in [3.05, 3.63) is 72.5 Å². The molecular weight excluding hydrogens is 383 g/mol. The van der Waals surface area contributed by atoms with E-state index in [0.29, 0.717) is 25.3 Å². The normalized spacial score (nSPS) is 10.6. The van der Waals surface area contributed by atoms with Crippen LogP contribution in [0, 0.1) is 5.82 Å². The standard InChI is InChI=1S/C24H31FN2O3/c1-3-5-6-7-10-23(28)26(15-4-2)19-24(29)27(18-22-9-8-16-30-22)17-20-11-13-21(25)14-12-20/h4,8-9,11-14,16H,2-3,5-7,10,15,17-19H2,1H3. The van der Waals surface area contributed by atoms with Crippen molar-refractivity contribution in [1.82, 2.24) is 9.80 Å².